The van der Waals surface area contributed by atoms with E-state index < -0.39 is 0 Å². The van der Waals surface area contributed by atoms with Crippen LogP contribution in [0.2, 0.25) is 10.0 Å². The molecule has 1 aromatic heterocycles. The van der Waals surface area contributed by atoms with E-state index in [1.165, 1.54) is 12.3 Å². The SMILES string of the molecule is Cc1ccc(F)c2ncc(Cl)c(Cl)c12. The van der Waals surface area contributed by atoms with Crippen LogP contribution in [0.5, 0.6) is 0 Å². The molecule has 0 aliphatic rings. The number of hydrogen-bond acceptors (Lipinski definition) is 1. The molecule has 0 radical (unpaired) electrons. The van der Waals surface area contributed by atoms with Gasteiger partial charge in [0.1, 0.15) is 11.3 Å². The van der Waals surface area contributed by atoms with Crippen LogP contribution >= 0.6 is 23.2 Å². The maximum atomic E-state index is 13.3. The predicted molar refractivity (Wildman–Crippen MR) is 56.5 cm³/mol. The van der Waals surface area contributed by atoms with Gasteiger partial charge in [-0.05, 0) is 18.6 Å². The Balaban J connectivity index is 3.01. The van der Waals surface area contributed by atoms with Crippen LogP contribution in [0.3, 0.4) is 0 Å². The molecule has 72 valence electrons. The second-order valence-corrected chi connectivity index (χ2v) is 3.79. The smallest absolute Gasteiger partial charge is 0.149 e. The average molecular weight is 230 g/mol. The molecule has 1 heterocycles. The summed E-state index contributed by atoms with van der Waals surface area (Å²) in [6.07, 6.45) is 1.36. The van der Waals surface area contributed by atoms with E-state index in [0.29, 0.717) is 15.4 Å². The highest BCUT2D eigenvalue weighted by atomic mass is 35.5. The molecule has 2 rings (SSSR count). The van der Waals surface area contributed by atoms with E-state index in [9.17, 15) is 4.39 Å². The van der Waals surface area contributed by atoms with Crippen LogP contribution in [-0.2, 0) is 0 Å². The van der Waals surface area contributed by atoms with Crippen molar-refractivity contribution in [3.63, 3.8) is 0 Å². The summed E-state index contributed by atoms with van der Waals surface area (Å²) in [6.45, 7) is 1.84. The summed E-state index contributed by atoms with van der Waals surface area (Å²) in [5.74, 6) is -0.385. The van der Waals surface area contributed by atoms with Crippen molar-refractivity contribution in [1.29, 1.82) is 0 Å². The van der Waals surface area contributed by atoms with Gasteiger partial charge in [-0.15, -0.1) is 0 Å². The largest absolute Gasteiger partial charge is 0.251 e. The summed E-state index contributed by atoms with van der Waals surface area (Å²) < 4.78 is 13.3. The lowest BCUT2D eigenvalue weighted by Gasteiger charge is -2.05. The molecule has 1 aromatic carbocycles. The fraction of sp³-hybridized carbons (Fsp3) is 0.100. The Labute approximate surface area is 90.5 Å². The Bertz CT molecular complexity index is 511. The highest BCUT2D eigenvalue weighted by Gasteiger charge is 2.10. The molecule has 0 spiro atoms. The van der Waals surface area contributed by atoms with Gasteiger partial charge in [0.2, 0.25) is 0 Å². The van der Waals surface area contributed by atoms with Gasteiger partial charge in [0.15, 0.2) is 0 Å². The molecule has 0 aliphatic heterocycles. The van der Waals surface area contributed by atoms with Crippen molar-refractivity contribution in [3.8, 4) is 0 Å². The lowest BCUT2D eigenvalue weighted by Crippen LogP contribution is -1.88. The van der Waals surface area contributed by atoms with E-state index in [1.54, 1.807) is 6.07 Å². The Hall–Kier alpha value is -0.860. The molecule has 0 bridgehead atoms. The maximum absolute atomic E-state index is 13.3. The van der Waals surface area contributed by atoms with Crippen molar-refractivity contribution in [2.75, 3.05) is 0 Å². The normalized spacial score (nSPS) is 10.9. The molecule has 2 aromatic rings. The third-order valence-electron chi connectivity index (χ3n) is 2.07. The predicted octanol–water partition coefficient (Wildman–Crippen LogP) is 3.99. The van der Waals surface area contributed by atoms with Gasteiger partial charge in [-0.3, -0.25) is 4.98 Å². The number of pyridine rings is 1. The summed E-state index contributed by atoms with van der Waals surface area (Å²) in [5, 5.41) is 1.28. The van der Waals surface area contributed by atoms with Crippen molar-refractivity contribution in [2.24, 2.45) is 0 Å². The summed E-state index contributed by atoms with van der Waals surface area (Å²) in [5.41, 5.74) is 1.13. The van der Waals surface area contributed by atoms with Crippen molar-refractivity contribution in [1.82, 2.24) is 4.98 Å². The lowest BCUT2D eigenvalue weighted by molar-refractivity contribution is 0.636. The summed E-state index contributed by atoms with van der Waals surface area (Å²) in [7, 11) is 0. The third kappa shape index (κ3) is 1.35. The van der Waals surface area contributed by atoms with Gasteiger partial charge in [0, 0.05) is 11.6 Å². The zero-order valence-electron chi connectivity index (χ0n) is 7.31. The van der Waals surface area contributed by atoms with Gasteiger partial charge in [0.25, 0.3) is 0 Å². The fourth-order valence-electron chi connectivity index (χ4n) is 1.37. The summed E-state index contributed by atoms with van der Waals surface area (Å²) >= 11 is 11.8. The van der Waals surface area contributed by atoms with Crippen LogP contribution in [0.1, 0.15) is 5.56 Å². The third-order valence-corrected chi connectivity index (χ3v) is 2.85. The molecule has 0 fully saturated rings. The quantitative estimate of drug-likeness (QED) is 0.666. The van der Waals surface area contributed by atoms with Gasteiger partial charge in [-0.1, -0.05) is 29.3 Å². The van der Waals surface area contributed by atoms with Gasteiger partial charge in [-0.2, -0.15) is 0 Å². The summed E-state index contributed by atoms with van der Waals surface area (Å²) in [4.78, 5) is 3.91. The lowest BCUT2D eigenvalue weighted by atomic mass is 10.1. The van der Waals surface area contributed by atoms with Gasteiger partial charge >= 0.3 is 0 Å². The zero-order valence-corrected chi connectivity index (χ0v) is 8.83. The average Bonchev–Trinajstić information content (AvgIpc) is 2.16. The number of hydrogen-bond donors (Lipinski definition) is 0. The molecule has 0 saturated carbocycles. The molecule has 4 heteroatoms. The minimum atomic E-state index is -0.385. The van der Waals surface area contributed by atoms with Gasteiger partial charge in [-0.25, -0.2) is 4.39 Å². The zero-order chi connectivity index (χ0) is 10.3. The molecule has 0 aliphatic carbocycles. The molecule has 0 saturated heterocycles. The molecule has 1 nitrogen and oxygen atoms in total. The van der Waals surface area contributed by atoms with Crippen LogP contribution in [0, 0.1) is 12.7 Å². The van der Waals surface area contributed by atoms with E-state index in [4.69, 9.17) is 23.2 Å². The van der Waals surface area contributed by atoms with Crippen molar-refractivity contribution in [2.45, 2.75) is 6.92 Å². The highest BCUT2D eigenvalue weighted by molar-refractivity contribution is 6.45. The minimum Gasteiger partial charge on any atom is -0.251 e. The standard InChI is InChI=1S/C10H6Cl2FN/c1-5-2-3-7(13)10-8(5)9(12)6(11)4-14-10/h2-4H,1H3. The van der Waals surface area contributed by atoms with Crippen molar-refractivity contribution >= 4 is 34.1 Å². The van der Waals surface area contributed by atoms with E-state index >= 15 is 0 Å². The first-order chi connectivity index (χ1) is 6.61. The number of halogens is 3. The van der Waals surface area contributed by atoms with Crippen molar-refractivity contribution in [3.05, 3.63) is 39.8 Å². The number of benzene rings is 1. The Kier molecular flexibility index (Phi) is 2.33. The Morgan fingerprint density at radius 3 is 2.71 bits per heavy atom. The maximum Gasteiger partial charge on any atom is 0.149 e. The first-order valence-corrected chi connectivity index (χ1v) is 4.75. The Morgan fingerprint density at radius 1 is 1.29 bits per heavy atom. The van der Waals surface area contributed by atoms with Crippen LogP contribution in [0.4, 0.5) is 4.39 Å². The highest BCUT2D eigenvalue weighted by Crippen LogP contribution is 2.32. The van der Waals surface area contributed by atoms with Crippen LogP contribution in [-0.4, -0.2) is 4.98 Å². The number of fused-ring (bicyclic) bond motifs is 1. The molecule has 0 atom stereocenters. The topological polar surface area (TPSA) is 12.9 Å². The molecule has 0 N–H and O–H groups in total. The molecule has 14 heavy (non-hydrogen) atoms. The molecule has 0 amide bonds. The number of rotatable bonds is 0. The van der Waals surface area contributed by atoms with Crippen molar-refractivity contribution < 1.29 is 4.39 Å². The fourth-order valence-corrected chi connectivity index (χ4v) is 1.80. The van der Waals surface area contributed by atoms with Crippen LogP contribution < -0.4 is 0 Å². The first-order valence-electron chi connectivity index (χ1n) is 4.00. The number of nitrogens with zero attached hydrogens (tertiary/aromatic N) is 1. The van der Waals surface area contributed by atoms with Crippen LogP contribution in [0.25, 0.3) is 10.9 Å². The monoisotopic (exact) mass is 229 g/mol. The molecular formula is C10H6Cl2FN. The van der Waals surface area contributed by atoms with E-state index in [2.05, 4.69) is 4.98 Å². The first kappa shape index (κ1) is 9.69. The van der Waals surface area contributed by atoms with Crippen LogP contribution in [0.15, 0.2) is 18.3 Å². The van der Waals surface area contributed by atoms with E-state index in [0.717, 1.165) is 5.56 Å². The molecular weight excluding hydrogens is 224 g/mol. The second-order valence-electron chi connectivity index (χ2n) is 3.01. The summed E-state index contributed by atoms with van der Waals surface area (Å²) in [6, 6.07) is 3.02. The Morgan fingerprint density at radius 2 is 2.00 bits per heavy atom. The van der Waals surface area contributed by atoms with E-state index in [-0.39, 0.29) is 11.3 Å². The molecule has 0 unspecified atom stereocenters. The van der Waals surface area contributed by atoms with E-state index in [1.807, 2.05) is 6.92 Å². The van der Waals surface area contributed by atoms with Gasteiger partial charge in [0.05, 0.1) is 10.0 Å². The number of aromatic nitrogens is 1. The minimum absolute atomic E-state index is 0.263. The van der Waals surface area contributed by atoms with Gasteiger partial charge < -0.3 is 0 Å². The number of aryl methyl sites for hydroxylation is 1. The second kappa shape index (κ2) is 3.37.